The largest absolute Gasteiger partial charge is 0.492 e. The SMILES string of the molecule is [B]Cc1ccc(-c2ccc(C(=O)NCC(=O)N(C)C3C(=O)N[C@@H](C)C(=O)NC(C4=NNOC(=O)N4)Cc4ccc(OCCN)c(c4)-c4cc3ccc4OCCN)cc2)cc1. The third-order valence-electron chi connectivity index (χ3n) is 9.88. The first kappa shape index (κ1) is 42.7. The van der Waals surface area contributed by atoms with E-state index in [-0.39, 0.29) is 38.6 Å². The van der Waals surface area contributed by atoms with Gasteiger partial charge in [-0.05, 0) is 72.0 Å². The van der Waals surface area contributed by atoms with Crippen molar-refractivity contribution in [3.63, 3.8) is 0 Å². The molecule has 4 bridgehead atoms. The summed E-state index contributed by atoms with van der Waals surface area (Å²) < 4.78 is 12.2. The lowest BCUT2D eigenvalue weighted by atomic mass is 9.93. The molecule has 310 valence electrons. The Morgan fingerprint density at radius 3 is 2.13 bits per heavy atom. The van der Waals surface area contributed by atoms with Gasteiger partial charge in [0.05, 0.1) is 20.4 Å². The molecule has 2 radical (unpaired) electrons. The summed E-state index contributed by atoms with van der Waals surface area (Å²) in [5.41, 5.74) is 19.1. The van der Waals surface area contributed by atoms with E-state index in [1.54, 1.807) is 42.5 Å². The molecule has 0 fully saturated rings. The number of carbonyl (C=O) groups excluding carboxylic acids is 5. The second-order valence-corrected chi connectivity index (χ2v) is 14.0. The summed E-state index contributed by atoms with van der Waals surface area (Å²) in [6, 6.07) is 21.7. The van der Waals surface area contributed by atoms with Crippen LogP contribution in [-0.4, -0.2) is 100 Å². The first-order valence-electron chi connectivity index (χ1n) is 19.3. The number of hydrogen-bond acceptors (Lipinski definition) is 12. The molecule has 4 aromatic carbocycles. The molecule has 3 atom stereocenters. The number of nitrogens with two attached hydrogens (primary N) is 2. The van der Waals surface area contributed by atoms with Crippen LogP contribution in [0.4, 0.5) is 4.79 Å². The first-order valence-corrected chi connectivity index (χ1v) is 19.3. The molecule has 2 heterocycles. The van der Waals surface area contributed by atoms with Crippen LogP contribution in [0.15, 0.2) is 90.0 Å². The van der Waals surface area contributed by atoms with Crippen LogP contribution in [0.2, 0.25) is 0 Å². The Kier molecular flexibility index (Phi) is 14.0. The third kappa shape index (κ3) is 10.2. The summed E-state index contributed by atoms with van der Waals surface area (Å²) in [7, 11) is 7.15. The highest BCUT2D eigenvalue weighted by Crippen LogP contribution is 2.40. The van der Waals surface area contributed by atoms with Crippen molar-refractivity contribution in [2.75, 3.05) is 39.9 Å². The fourth-order valence-corrected chi connectivity index (χ4v) is 6.70. The maximum Gasteiger partial charge on any atom is 0.438 e. The predicted molar refractivity (Wildman–Crippen MR) is 224 cm³/mol. The van der Waals surface area contributed by atoms with Gasteiger partial charge in [0.1, 0.15) is 36.8 Å². The van der Waals surface area contributed by atoms with Crippen LogP contribution in [-0.2, 0) is 32.0 Å². The van der Waals surface area contributed by atoms with E-state index in [1.165, 1.54) is 18.9 Å². The van der Waals surface area contributed by atoms with Gasteiger partial charge in [-0.25, -0.2) is 4.79 Å². The molecule has 17 nitrogen and oxygen atoms in total. The Bertz CT molecular complexity index is 2250. The van der Waals surface area contributed by atoms with E-state index in [2.05, 4.69) is 36.8 Å². The molecule has 4 aromatic rings. The quantitative estimate of drug-likeness (QED) is 0.0952. The van der Waals surface area contributed by atoms with Crippen LogP contribution in [0, 0.1) is 0 Å². The number of amidine groups is 1. The Morgan fingerprint density at radius 2 is 1.50 bits per heavy atom. The minimum absolute atomic E-state index is 0.0583. The number of benzene rings is 4. The fourth-order valence-electron chi connectivity index (χ4n) is 6.70. The van der Waals surface area contributed by atoms with E-state index in [4.69, 9.17) is 28.8 Å². The van der Waals surface area contributed by atoms with Gasteiger partial charge < -0.3 is 46.6 Å². The molecule has 2 aliphatic rings. The van der Waals surface area contributed by atoms with E-state index < -0.39 is 54.4 Å². The summed E-state index contributed by atoms with van der Waals surface area (Å²) in [6.45, 7) is 1.81. The van der Waals surface area contributed by atoms with Crippen molar-refractivity contribution in [3.05, 3.63) is 107 Å². The van der Waals surface area contributed by atoms with Gasteiger partial charge in [0.25, 0.3) is 5.91 Å². The second-order valence-electron chi connectivity index (χ2n) is 14.0. The van der Waals surface area contributed by atoms with Gasteiger partial charge >= 0.3 is 6.09 Å². The van der Waals surface area contributed by atoms with Crippen LogP contribution in [0.3, 0.4) is 0 Å². The number of rotatable bonds is 13. The molecule has 9 N–H and O–H groups in total. The molecule has 2 aliphatic heterocycles. The second kappa shape index (κ2) is 19.7. The molecule has 0 spiro atoms. The van der Waals surface area contributed by atoms with Crippen molar-refractivity contribution < 1.29 is 38.3 Å². The highest BCUT2D eigenvalue weighted by atomic mass is 16.7. The van der Waals surface area contributed by atoms with E-state index in [1.807, 2.05) is 42.5 Å². The van der Waals surface area contributed by atoms with Crippen LogP contribution < -0.4 is 47.8 Å². The lowest BCUT2D eigenvalue weighted by Gasteiger charge is -2.31. The fraction of sp³-hybridized carbons (Fsp3) is 0.286. The van der Waals surface area contributed by atoms with Gasteiger partial charge in [-0.15, -0.1) is 10.7 Å². The molecule has 0 saturated carbocycles. The van der Waals surface area contributed by atoms with Crippen molar-refractivity contribution >= 4 is 43.4 Å². The van der Waals surface area contributed by atoms with Crippen molar-refractivity contribution in [2.24, 2.45) is 16.6 Å². The molecule has 5 amide bonds. The molecular formula is C42H46BN9O8. The Labute approximate surface area is 347 Å². The van der Waals surface area contributed by atoms with Crippen molar-refractivity contribution in [2.45, 2.75) is 37.8 Å². The minimum atomic E-state index is -1.31. The molecule has 18 heteroatoms. The number of nitrogens with zero attached hydrogens (tertiary/aromatic N) is 2. The monoisotopic (exact) mass is 815 g/mol. The van der Waals surface area contributed by atoms with Crippen molar-refractivity contribution in [1.82, 2.24) is 31.8 Å². The smallest absolute Gasteiger partial charge is 0.438 e. The average Bonchev–Trinajstić information content (AvgIpc) is 3.26. The first-order chi connectivity index (χ1) is 29.0. The number of hydrogen-bond donors (Lipinski definition) is 7. The molecule has 60 heavy (non-hydrogen) atoms. The van der Waals surface area contributed by atoms with Gasteiger partial charge in [-0.2, -0.15) is 0 Å². The summed E-state index contributed by atoms with van der Waals surface area (Å²) >= 11 is 0. The number of fused-ring (bicyclic) bond motifs is 5. The van der Waals surface area contributed by atoms with Crippen LogP contribution in [0.1, 0.15) is 40.0 Å². The maximum absolute atomic E-state index is 14.3. The number of hydrazone groups is 1. The number of carbonyl (C=O) groups is 5. The zero-order chi connectivity index (χ0) is 42.8. The summed E-state index contributed by atoms with van der Waals surface area (Å²) in [5.74, 6) is -1.50. The minimum Gasteiger partial charge on any atom is -0.492 e. The van der Waals surface area contributed by atoms with Crippen molar-refractivity contribution in [3.8, 4) is 33.8 Å². The standard InChI is InChI=1S/C42H46BN9O8/c1-24-39(54)48-33(38-49-42(57)60-51-50-38)20-26-5-13-34(58-17-15-44)31(19-26)32-21-30(12-14-35(32)59-18-16-45)37(41(56)47-24)52(2)36(53)23-46-40(55)29-10-8-28(9-11-29)27-6-3-25(22-43)4-7-27/h3-14,19,21,24,33,37,51H,15-18,20,22-23,44-45H2,1-2H3,(H,46,55)(H,47,56)(H,48,54)(H,49,50,57)/t24-,33?,37?/m0/s1. The highest BCUT2D eigenvalue weighted by molar-refractivity contribution is 6.08. The van der Waals surface area contributed by atoms with Gasteiger partial charge in [0.2, 0.25) is 17.7 Å². The van der Waals surface area contributed by atoms with Crippen LogP contribution in [0.5, 0.6) is 11.5 Å². The molecule has 0 saturated heterocycles. The molecular weight excluding hydrogens is 769 g/mol. The highest BCUT2D eigenvalue weighted by Gasteiger charge is 2.34. The summed E-state index contributed by atoms with van der Waals surface area (Å²) in [5, 5.41) is 14.8. The molecule has 0 aliphatic carbocycles. The zero-order valence-electron chi connectivity index (χ0n) is 33.2. The molecule has 0 aromatic heterocycles. The van der Waals surface area contributed by atoms with E-state index >= 15 is 0 Å². The van der Waals surface area contributed by atoms with E-state index in [9.17, 15) is 24.0 Å². The summed E-state index contributed by atoms with van der Waals surface area (Å²) in [4.78, 5) is 73.2. The lowest BCUT2D eigenvalue weighted by molar-refractivity contribution is -0.139. The van der Waals surface area contributed by atoms with Gasteiger partial charge in [0.15, 0.2) is 5.84 Å². The van der Waals surface area contributed by atoms with Gasteiger partial charge in [0, 0.05) is 36.8 Å². The Morgan fingerprint density at radius 1 is 0.867 bits per heavy atom. The van der Waals surface area contributed by atoms with Gasteiger partial charge in [-0.3, -0.25) is 24.5 Å². The Hall–Kier alpha value is -6.92. The normalized spacial score (nSPS) is 17.6. The maximum atomic E-state index is 14.3. The van der Waals surface area contributed by atoms with Crippen LogP contribution in [0.25, 0.3) is 22.3 Å². The topological polar surface area (TPSA) is 241 Å². The number of nitrogens with one attached hydrogen (secondary N) is 5. The number of ether oxygens (including phenoxy) is 2. The van der Waals surface area contributed by atoms with Gasteiger partial charge in [-0.1, -0.05) is 60.4 Å². The molecule has 6 rings (SSSR count). The number of amides is 5. The third-order valence-corrected chi connectivity index (χ3v) is 9.88. The predicted octanol–water partition coefficient (Wildman–Crippen LogP) is 1.40. The average molecular weight is 816 g/mol. The van der Waals surface area contributed by atoms with Crippen molar-refractivity contribution in [1.29, 1.82) is 0 Å². The molecule has 2 unspecified atom stereocenters. The lowest BCUT2D eigenvalue weighted by Crippen LogP contribution is -2.57. The number of likely N-dealkylation sites (N-methyl/N-ethyl adjacent to an activating group) is 1. The Balaban J connectivity index is 1.33. The van der Waals surface area contributed by atoms with E-state index in [0.717, 1.165) is 16.7 Å². The van der Waals surface area contributed by atoms with E-state index in [0.29, 0.717) is 45.6 Å². The zero-order valence-corrected chi connectivity index (χ0v) is 33.2. The van der Waals surface area contributed by atoms with Crippen LogP contribution >= 0.6 is 0 Å². The summed E-state index contributed by atoms with van der Waals surface area (Å²) in [6.07, 6.45) is -0.272.